The zero-order valence-corrected chi connectivity index (χ0v) is 19.1. The Morgan fingerprint density at radius 3 is 2.77 bits per heavy atom. The Balaban J connectivity index is 1.69. The zero-order chi connectivity index (χ0) is 21.8. The second kappa shape index (κ2) is 9.48. The van der Waals surface area contributed by atoms with E-state index in [0.717, 1.165) is 16.2 Å². The first-order valence-electron chi connectivity index (χ1n) is 9.49. The molecule has 0 radical (unpaired) electrons. The topological polar surface area (TPSA) is 99.2 Å². The van der Waals surface area contributed by atoms with Crippen LogP contribution < -0.4 is 5.32 Å². The Morgan fingerprint density at radius 2 is 2.13 bits per heavy atom. The Morgan fingerprint density at radius 1 is 1.37 bits per heavy atom. The molecule has 0 fully saturated rings. The standard InChI is InChI=1S/C20H24N4O4S2/c1-6-27-19(26)14-9-15(11(2)3)30-18(14)21-16(25)10-29-20-23-22-17(24(20)5)13-7-8-28-12(13)4/h7-9,11H,6,10H2,1-5H3,(H,21,25). The molecule has 3 aromatic rings. The average molecular weight is 449 g/mol. The SMILES string of the molecule is CCOC(=O)c1cc(C(C)C)sc1NC(=O)CSc1nnc(-c2ccoc2C)n1C. The third kappa shape index (κ3) is 4.76. The fraction of sp³-hybridized carbons (Fsp3) is 0.400. The summed E-state index contributed by atoms with van der Waals surface area (Å²) in [6, 6.07) is 3.62. The van der Waals surface area contributed by atoms with Crippen molar-refractivity contribution in [2.45, 2.75) is 38.8 Å². The van der Waals surface area contributed by atoms with E-state index in [-0.39, 0.29) is 24.2 Å². The lowest BCUT2D eigenvalue weighted by atomic mass is 10.1. The zero-order valence-electron chi connectivity index (χ0n) is 17.5. The highest BCUT2D eigenvalue weighted by molar-refractivity contribution is 7.99. The summed E-state index contributed by atoms with van der Waals surface area (Å²) < 4.78 is 12.3. The number of esters is 1. The van der Waals surface area contributed by atoms with E-state index in [2.05, 4.69) is 15.5 Å². The minimum Gasteiger partial charge on any atom is -0.469 e. The molecule has 3 aromatic heterocycles. The first kappa shape index (κ1) is 22.1. The van der Waals surface area contributed by atoms with Gasteiger partial charge in [-0.15, -0.1) is 21.5 Å². The molecule has 1 amide bonds. The number of carbonyl (C=O) groups is 2. The smallest absolute Gasteiger partial charge is 0.341 e. The minimum atomic E-state index is -0.433. The van der Waals surface area contributed by atoms with E-state index in [1.165, 1.54) is 23.1 Å². The van der Waals surface area contributed by atoms with Crippen molar-refractivity contribution in [2.75, 3.05) is 17.7 Å². The van der Waals surface area contributed by atoms with Crippen molar-refractivity contribution in [1.82, 2.24) is 14.8 Å². The number of aryl methyl sites for hydroxylation is 1. The number of hydrogen-bond donors (Lipinski definition) is 1. The van der Waals surface area contributed by atoms with Gasteiger partial charge in [0.05, 0.1) is 29.7 Å². The molecule has 1 N–H and O–H groups in total. The number of aromatic nitrogens is 3. The monoisotopic (exact) mass is 448 g/mol. The second-order valence-corrected chi connectivity index (χ2v) is 8.89. The summed E-state index contributed by atoms with van der Waals surface area (Å²) >= 11 is 2.66. The van der Waals surface area contributed by atoms with E-state index in [1.54, 1.807) is 19.3 Å². The van der Waals surface area contributed by atoms with E-state index in [1.807, 2.05) is 38.5 Å². The van der Waals surface area contributed by atoms with Crippen molar-refractivity contribution in [3.8, 4) is 11.4 Å². The predicted molar refractivity (Wildman–Crippen MR) is 117 cm³/mol. The van der Waals surface area contributed by atoms with Crippen molar-refractivity contribution in [3.05, 3.63) is 34.6 Å². The van der Waals surface area contributed by atoms with E-state index < -0.39 is 5.97 Å². The number of thioether (sulfide) groups is 1. The van der Waals surface area contributed by atoms with Crippen LogP contribution in [0.5, 0.6) is 0 Å². The summed E-state index contributed by atoms with van der Waals surface area (Å²) in [6.45, 7) is 7.96. The van der Waals surface area contributed by atoms with Crippen LogP contribution in [0.1, 0.15) is 47.7 Å². The Kier molecular flexibility index (Phi) is 6.99. The van der Waals surface area contributed by atoms with Crippen molar-refractivity contribution < 1.29 is 18.7 Å². The van der Waals surface area contributed by atoms with Crippen LogP contribution in [0.3, 0.4) is 0 Å². The third-order valence-corrected chi connectivity index (χ3v) is 6.71. The van der Waals surface area contributed by atoms with Crippen molar-refractivity contribution in [3.63, 3.8) is 0 Å². The van der Waals surface area contributed by atoms with E-state index >= 15 is 0 Å². The van der Waals surface area contributed by atoms with Gasteiger partial charge >= 0.3 is 5.97 Å². The second-order valence-electron chi connectivity index (χ2n) is 6.86. The van der Waals surface area contributed by atoms with Crippen molar-refractivity contribution in [1.29, 1.82) is 0 Å². The molecule has 0 saturated carbocycles. The van der Waals surface area contributed by atoms with E-state index in [0.29, 0.717) is 21.5 Å². The predicted octanol–water partition coefficient (Wildman–Crippen LogP) is 4.48. The first-order valence-corrected chi connectivity index (χ1v) is 11.3. The van der Waals surface area contributed by atoms with E-state index in [4.69, 9.17) is 9.15 Å². The maximum Gasteiger partial charge on any atom is 0.341 e. The van der Waals surface area contributed by atoms with Gasteiger partial charge in [0.15, 0.2) is 11.0 Å². The van der Waals surface area contributed by atoms with E-state index in [9.17, 15) is 9.59 Å². The molecular weight excluding hydrogens is 424 g/mol. The summed E-state index contributed by atoms with van der Waals surface area (Å²) in [5.41, 5.74) is 1.25. The van der Waals surface area contributed by atoms with Crippen LogP contribution in [0, 0.1) is 6.92 Å². The van der Waals surface area contributed by atoms with Crippen LogP contribution in [0.2, 0.25) is 0 Å². The number of anilines is 1. The summed E-state index contributed by atoms with van der Waals surface area (Å²) in [7, 11) is 1.84. The molecule has 0 saturated heterocycles. The highest BCUT2D eigenvalue weighted by Gasteiger charge is 2.21. The summed E-state index contributed by atoms with van der Waals surface area (Å²) in [5, 5.41) is 12.3. The molecular formula is C20H24N4O4S2. The van der Waals surface area contributed by atoms with Crippen LogP contribution in [0.15, 0.2) is 28.0 Å². The van der Waals surface area contributed by atoms with Gasteiger partial charge < -0.3 is 19.0 Å². The molecule has 0 aliphatic rings. The van der Waals surface area contributed by atoms with Gasteiger partial charge in [-0.2, -0.15) is 0 Å². The number of nitrogens with zero attached hydrogens (tertiary/aromatic N) is 3. The van der Waals surface area contributed by atoms with Crippen molar-refractivity contribution in [2.24, 2.45) is 7.05 Å². The largest absolute Gasteiger partial charge is 0.469 e. The molecule has 3 heterocycles. The average Bonchev–Trinajstić information content (AvgIpc) is 3.39. The maximum absolute atomic E-state index is 12.5. The lowest BCUT2D eigenvalue weighted by molar-refractivity contribution is -0.113. The number of furan rings is 1. The Labute approximate surface area is 183 Å². The molecule has 0 spiro atoms. The molecule has 0 aromatic carbocycles. The number of amides is 1. The Hall–Kier alpha value is -2.59. The van der Waals surface area contributed by atoms with Crippen molar-refractivity contribution >= 4 is 40.0 Å². The lowest BCUT2D eigenvalue weighted by Crippen LogP contribution is -2.16. The van der Waals surface area contributed by atoms with Crippen LogP contribution >= 0.6 is 23.1 Å². The number of thiophene rings is 1. The molecule has 0 aliphatic heterocycles. The van der Waals surface area contributed by atoms with Gasteiger partial charge in [0, 0.05) is 11.9 Å². The lowest BCUT2D eigenvalue weighted by Gasteiger charge is -2.06. The van der Waals surface area contributed by atoms with Crippen LogP contribution in [0.25, 0.3) is 11.4 Å². The minimum absolute atomic E-state index is 0.132. The maximum atomic E-state index is 12.5. The summed E-state index contributed by atoms with van der Waals surface area (Å²) in [4.78, 5) is 25.8. The molecule has 8 nitrogen and oxygen atoms in total. The summed E-state index contributed by atoms with van der Waals surface area (Å²) in [6.07, 6.45) is 1.60. The molecule has 0 unspecified atom stereocenters. The molecule has 3 rings (SSSR count). The molecule has 30 heavy (non-hydrogen) atoms. The number of nitrogens with one attached hydrogen (secondary N) is 1. The quantitative estimate of drug-likeness (QED) is 0.401. The normalized spacial score (nSPS) is 11.1. The molecule has 160 valence electrons. The number of ether oxygens (including phenoxy) is 1. The number of carbonyl (C=O) groups excluding carboxylic acids is 2. The van der Waals surface area contributed by atoms with Gasteiger partial charge in [0.25, 0.3) is 0 Å². The molecule has 0 atom stereocenters. The van der Waals surface area contributed by atoms with Crippen LogP contribution in [-0.2, 0) is 16.6 Å². The number of hydrogen-bond acceptors (Lipinski definition) is 8. The van der Waals surface area contributed by atoms with Gasteiger partial charge in [0.1, 0.15) is 10.8 Å². The van der Waals surface area contributed by atoms with Crippen LogP contribution in [-0.4, -0.2) is 39.0 Å². The van der Waals surface area contributed by atoms with Gasteiger partial charge in [-0.25, -0.2) is 4.79 Å². The highest BCUT2D eigenvalue weighted by Crippen LogP contribution is 2.34. The van der Waals surface area contributed by atoms with Gasteiger partial charge in [-0.05, 0) is 31.9 Å². The third-order valence-electron chi connectivity index (χ3n) is 4.34. The molecule has 0 bridgehead atoms. The first-order chi connectivity index (χ1) is 14.3. The fourth-order valence-electron chi connectivity index (χ4n) is 2.73. The van der Waals surface area contributed by atoms with Gasteiger partial charge in [-0.1, -0.05) is 25.6 Å². The van der Waals surface area contributed by atoms with Crippen LogP contribution in [0.4, 0.5) is 5.00 Å². The fourth-order valence-corrected chi connectivity index (χ4v) is 4.51. The van der Waals surface area contributed by atoms with Gasteiger partial charge in [-0.3, -0.25) is 4.79 Å². The molecule has 10 heteroatoms. The van der Waals surface area contributed by atoms with Gasteiger partial charge in [0.2, 0.25) is 5.91 Å². The number of rotatable bonds is 8. The molecule has 0 aliphatic carbocycles. The Bertz CT molecular complexity index is 1050. The highest BCUT2D eigenvalue weighted by atomic mass is 32.2. The summed E-state index contributed by atoms with van der Waals surface area (Å²) in [5.74, 6) is 1.14.